The molecule has 1 aromatic heterocycles. The van der Waals surface area contributed by atoms with Crippen molar-refractivity contribution in [1.82, 2.24) is 14.9 Å². The molecule has 4 nitrogen and oxygen atoms in total. The summed E-state index contributed by atoms with van der Waals surface area (Å²) in [6, 6.07) is 9.21. The summed E-state index contributed by atoms with van der Waals surface area (Å²) in [5.41, 5.74) is 2.71. The van der Waals surface area contributed by atoms with E-state index in [0.717, 1.165) is 36.9 Å². The van der Waals surface area contributed by atoms with Crippen LogP contribution in [0.1, 0.15) is 24.0 Å². The molecule has 0 bridgehead atoms. The van der Waals surface area contributed by atoms with Crippen LogP contribution in [0.25, 0.3) is 0 Å². The molecule has 1 fully saturated rings. The lowest BCUT2D eigenvalue weighted by molar-refractivity contribution is 0.0892. The highest BCUT2D eigenvalue weighted by Gasteiger charge is 2.21. The molecule has 1 aromatic carbocycles. The van der Waals surface area contributed by atoms with Gasteiger partial charge in [0.1, 0.15) is 6.10 Å². The molecule has 1 aliphatic rings. The topological polar surface area (TPSA) is 38.2 Å². The van der Waals surface area contributed by atoms with Crippen LogP contribution in [-0.2, 0) is 6.54 Å². The second kappa shape index (κ2) is 7.20. The Hall–Kier alpha value is -1.46. The lowest BCUT2D eigenvalue weighted by Gasteiger charge is -2.31. The van der Waals surface area contributed by atoms with Crippen molar-refractivity contribution < 1.29 is 4.74 Å². The first-order valence-electron chi connectivity index (χ1n) is 7.61. The van der Waals surface area contributed by atoms with E-state index < -0.39 is 0 Å². The van der Waals surface area contributed by atoms with E-state index in [9.17, 15) is 0 Å². The van der Waals surface area contributed by atoms with Gasteiger partial charge >= 0.3 is 6.01 Å². The molecule has 2 aromatic rings. The van der Waals surface area contributed by atoms with Gasteiger partial charge in [0, 0.05) is 32.0 Å². The Morgan fingerprint density at radius 2 is 1.95 bits per heavy atom. The molecular formula is C17H20BrN3O. The Morgan fingerprint density at radius 3 is 2.64 bits per heavy atom. The summed E-state index contributed by atoms with van der Waals surface area (Å²) in [6.07, 6.45) is 5.69. The lowest BCUT2D eigenvalue weighted by atomic mass is 10.1. The van der Waals surface area contributed by atoms with Crippen molar-refractivity contribution in [1.29, 1.82) is 0 Å². The van der Waals surface area contributed by atoms with Gasteiger partial charge in [-0.1, -0.05) is 29.8 Å². The van der Waals surface area contributed by atoms with Crippen LogP contribution < -0.4 is 4.74 Å². The third-order valence-electron chi connectivity index (χ3n) is 3.89. The van der Waals surface area contributed by atoms with E-state index in [1.54, 1.807) is 12.4 Å². The first kappa shape index (κ1) is 15.4. The maximum absolute atomic E-state index is 5.86. The van der Waals surface area contributed by atoms with E-state index in [4.69, 9.17) is 4.74 Å². The Morgan fingerprint density at radius 1 is 1.23 bits per heavy atom. The van der Waals surface area contributed by atoms with E-state index >= 15 is 0 Å². The van der Waals surface area contributed by atoms with Crippen LogP contribution in [0, 0.1) is 6.92 Å². The van der Waals surface area contributed by atoms with Crippen LogP contribution in [0.4, 0.5) is 0 Å². The molecule has 1 saturated heterocycles. The SMILES string of the molecule is Cc1cccc(CN2CCC(Oc3ncc(Br)cn3)CC2)c1. The fourth-order valence-corrected chi connectivity index (χ4v) is 2.97. The van der Waals surface area contributed by atoms with Gasteiger partial charge in [0.2, 0.25) is 0 Å². The molecule has 3 rings (SSSR count). The number of aryl methyl sites for hydroxylation is 1. The van der Waals surface area contributed by atoms with Gasteiger partial charge < -0.3 is 4.74 Å². The number of halogens is 1. The predicted molar refractivity (Wildman–Crippen MR) is 89.8 cm³/mol. The second-order valence-electron chi connectivity index (χ2n) is 5.77. The van der Waals surface area contributed by atoms with Crippen molar-refractivity contribution in [3.05, 3.63) is 52.3 Å². The fourth-order valence-electron chi connectivity index (χ4n) is 2.76. The number of hydrogen-bond acceptors (Lipinski definition) is 4. The molecule has 2 heterocycles. The number of likely N-dealkylation sites (tertiary alicyclic amines) is 1. The number of nitrogens with zero attached hydrogens (tertiary/aromatic N) is 3. The molecule has 22 heavy (non-hydrogen) atoms. The zero-order valence-electron chi connectivity index (χ0n) is 12.7. The molecule has 0 N–H and O–H groups in total. The molecule has 0 aliphatic carbocycles. The summed E-state index contributed by atoms with van der Waals surface area (Å²) in [6.45, 7) is 5.26. The normalized spacial score (nSPS) is 16.6. The van der Waals surface area contributed by atoms with Gasteiger partial charge in [-0.2, -0.15) is 0 Å². The van der Waals surface area contributed by atoms with Crippen molar-refractivity contribution in [2.75, 3.05) is 13.1 Å². The third kappa shape index (κ3) is 4.27. The average Bonchev–Trinajstić information content (AvgIpc) is 2.52. The zero-order chi connectivity index (χ0) is 15.4. The van der Waals surface area contributed by atoms with Crippen LogP contribution in [0.5, 0.6) is 6.01 Å². The van der Waals surface area contributed by atoms with Gasteiger partial charge in [0.15, 0.2) is 0 Å². The third-order valence-corrected chi connectivity index (χ3v) is 4.30. The zero-order valence-corrected chi connectivity index (χ0v) is 14.3. The molecular weight excluding hydrogens is 342 g/mol. The summed E-state index contributed by atoms with van der Waals surface area (Å²) in [5, 5.41) is 0. The Bertz CT molecular complexity index is 610. The van der Waals surface area contributed by atoms with Crippen LogP contribution in [-0.4, -0.2) is 34.1 Å². The molecule has 1 aliphatic heterocycles. The summed E-state index contributed by atoms with van der Waals surface area (Å²) in [7, 11) is 0. The minimum absolute atomic E-state index is 0.218. The number of rotatable bonds is 4. The van der Waals surface area contributed by atoms with Gasteiger partial charge in [0.05, 0.1) is 4.47 Å². The molecule has 0 atom stereocenters. The highest BCUT2D eigenvalue weighted by Crippen LogP contribution is 2.18. The standard InChI is InChI=1S/C17H20BrN3O/c1-13-3-2-4-14(9-13)12-21-7-5-16(6-8-21)22-17-19-10-15(18)11-20-17/h2-4,9-11,16H,5-8,12H2,1H3. The van der Waals surface area contributed by atoms with Crippen LogP contribution in [0.15, 0.2) is 41.1 Å². The number of benzene rings is 1. The second-order valence-corrected chi connectivity index (χ2v) is 6.68. The fraction of sp³-hybridized carbons (Fsp3) is 0.412. The molecule has 0 unspecified atom stereocenters. The smallest absolute Gasteiger partial charge is 0.316 e. The number of hydrogen-bond donors (Lipinski definition) is 0. The Labute approximate surface area is 139 Å². The average molecular weight is 362 g/mol. The monoisotopic (exact) mass is 361 g/mol. The van der Waals surface area contributed by atoms with Gasteiger partial charge in [-0.15, -0.1) is 0 Å². The highest BCUT2D eigenvalue weighted by atomic mass is 79.9. The predicted octanol–water partition coefficient (Wildman–Crippen LogP) is 3.59. The van der Waals surface area contributed by atoms with Gasteiger partial charge in [-0.25, -0.2) is 9.97 Å². The van der Waals surface area contributed by atoms with Crippen LogP contribution >= 0.6 is 15.9 Å². The summed E-state index contributed by atoms with van der Waals surface area (Å²) in [4.78, 5) is 10.8. The Kier molecular flexibility index (Phi) is 5.05. The highest BCUT2D eigenvalue weighted by molar-refractivity contribution is 9.10. The number of ether oxygens (including phenoxy) is 1. The van der Waals surface area contributed by atoms with Gasteiger partial charge in [-0.3, -0.25) is 4.90 Å². The minimum atomic E-state index is 0.218. The molecule has 0 saturated carbocycles. The van der Waals surface area contributed by atoms with Crippen molar-refractivity contribution in [2.45, 2.75) is 32.4 Å². The molecule has 0 amide bonds. The van der Waals surface area contributed by atoms with Crippen molar-refractivity contribution in [3.63, 3.8) is 0 Å². The number of piperidine rings is 1. The minimum Gasteiger partial charge on any atom is -0.460 e. The van der Waals surface area contributed by atoms with E-state index in [0.29, 0.717) is 6.01 Å². The van der Waals surface area contributed by atoms with Crippen molar-refractivity contribution >= 4 is 15.9 Å². The first-order valence-corrected chi connectivity index (χ1v) is 8.40. The van der Waals surface area contributed by atoms with E-state index in [-0.39, 0.29) is 6.10 Å². The van der Waals surface area contributed by atoms with Crippen LogP contribution in [0.3, 0.4) is 0 Å². The maximum atomic E-state index is 5.86. The Balaban J connectivity index is 1.49. The summed E-state index contributed by atoms with van der Waals surface area (Å²) >= 11 is 3.33. The molecule has 0 radical (unpaired) electrons. The molecule has 116 valence electrons. The van der Waals surface area contributed by atoms with Crippen molar-refractivity contribution in [2.24, 2.45) is 0 Å². The first-order chi connectivity index (χ1) is 10.7. The summed E-state index contributed by atoms with van der Waals surface area (Å²) in [5.74, 6) is 0. The van der Waals surface area contributed by atoms with Crippen LogP contribution in [0.2, 0.25) is 0 Å². The number of aromatic nitrogens is 2. The quantitative estimate of drug-likeness (QED) is 0.833. The van der Waals surface area contributed by atoms with E-state index in [1.165, 1.54) is 11.1 Å². The molecule has 5 heteroatoms. The summed E-state index contributed by atoms with van der Waals surface area (Å²) < 4.78 is 6.73. The van der Waals surface area contributed by atoms with E-state index in [1.807, 2.05) is 0 Å². The van der Waals surface area contributed by atoms with Crippen molar-refractivity contribution in [3.8, 4) is 6.01 Å². The lowest BCUT2D eigenvalue weighted by Crippen LogP contribution is -2.38. The largest absolute Gasteiger partial charge is 0.460 e. The van der Waals surface area contributed by atoms with Gasteiger partial charge in [0.25, 0.3) is 0 Å². The molecule has 0 spiro atoms. The van der Waals surface area contributed by atoms with E-state index in [2.05, 4.69) is 62.0 Å². The van der Waals surface area contributed by atoms with Gasteiger partial charge in [-0.05, 0) is 41.3 Å². The maximum Gasteiger partial charge on any atom is 0.316 e.